The van der Waals surface area contributed by atoms with Crippen molar-refractivity contribution in [1.82, 2.24) is 9.99 Å². The number of hydrogen-bond acceptors (Lipinski definition) is 4. The third-order valence-corrected chi connectivity index (χ3v) is 8.77. The Balaban J connectivity index is 1.57. The van der Waals surface area contributed by atoms with Gasteiger partial charge < -0.3 is 4.57 Å². The van der Waals surface area contributed by atoms with Gasteiger partial charge in [-0.3, -0.25) is 9.10 Å². The number of carbonyl (C=O) groups is 1. The molecule has 0 aliphatic carbocycles. The van der Waals surface area contributed by atoms with Crippen molar-refractivity contribution in [2.75, 3.05) is 10.8 Å². The summed E-state index contributed by atoms with van der Waals surface area (Å²) < 4.78 is 31.5. The molecule has 0 atom stereocenters. The van der Waals surface area contributed by atoms with Gasteiger partial charge in [0.25, 0.3) is 15.9 Å². The summed E-state index contributed by atoms with van der Waals surface area (Å²) in [7, 11) is -4.01. The van der Waals surface area contributed by atoms with Gasteiger partial charge in [-0.05, 0) is 88.7 Å². The van der Waals surface area contributed by atoms with Crippen molar-refractivity contribution < 1.29 is 13.2 Å². The predicted octanol–water partition coefficient (Wildman–Crippen LogP) is 6.13. The van der Waals surface area contributed by atoms with Crippen LogP contribution in [-0.2, 0) is 14.8 Å². The molecule has 1 N–H and O–H groups in total. The van der Waals surface area contributed by atoms with E-state index in [1.807, 2.05) is 77.1 Å². The summed E-state index contributed by atoms with van der Waals surface area (Å²) in [5.74, 6) is -0.552. The lowest BCUT2D eigenvalue weighted by Gasteiger charge is -2.25. The molecule has 0 aliphatic heterocycles. The van der Waals surface area contributed by atoms with Crippen molar-refractivity contribution >= 4 is 43.8 Å². The fraction of sp³-hybridized carbons (Fsp3) is 0.200. The summed E-state index contributed by atoms with van der Waals surface area (Å²) in [6.45, 7) is 9.22. The maximum atomic E-state index is 13.7. The molecule has 3 aromatic carbocycles. The molecule has 1 heterocycles. The van der Waals surface area contributed by atoms with E-state index < -0.39 is 22.5 Å². The van der Waals surface area contributed by atoms with Crippen molar-refractivity contribution in [2.45, 2.75) is 39.5 Å². The first-order valence-electron chi connectivity index (χ1n) is 12.4. The number of sulfonamides is 1. The minimum atomic E-state index is -4.01. The molecule has 39 heavy (non-hydrogen) atoms. The Labute approximate surface area is 238 Å². The number of hydrazone groups is 1. The monoisotopic (exact) mass is 606 g/mol. The smallest absolute Gasteiger partial charge is 0.264 e. The number of hydrogen-bond donors (Lipinski definition) is 1. The molecule has 1 amide bonds. The molecular weight excluding hydrogens is 576 g/mol. The van der Waals surface area contributed by atoms with Crippen LogP contribution in [0.25, 0.3) is 5.69 Å². The lowest BCUT2D eigenvalue weighted by molar-refractivity contribution is -0.119. The zero-order valence-corrected chi connectivity index (χ0v) is 25.0. The second-order valence-electron chi connectivity index (χ2n) is 9.55. The maximum Gasteiger partial charge on any atom is 0.264 e. The van der Waals surface area contributed by atoms with Crippen molar-refractivity contribution in [3.05, 3.63) is 111 Å². The Morgan fingerprint density at radius 1 is 0.923 bits per heavy atom. The number of nitrogens with zero attached hydrogens (tertiary/aromatic N) is 3. The molecule has 0 aliphatic rings. The SMILES string of the molecule is Cc1ccc(S(=O)(=O)N(CC(=O)N/N=C\c2cc(C)n(-c3ccc(Br)cc3)c2C)c2ccc(C)cc2C)cc1. The van der Waals surface area contributed by atoms with Gasteiger partial charge in [-0.15, -0.1) is 0 Å². The van der Waals surface area contributed by atoms with Crippen LogP contribution in [-0.4, -0.2) is 31.7 Å². The number of nitrogens with one attached hydrogen (secondary N) is 1. The summed E-state index contributed by atoms with van der Waals surface area (Å²) in [6.07, 6.45) is 1.57. The Hall–Kier alpha value is -3.69. The second kappa shape index (κ2) is 11.6. The molecule has 1 aromatic heterocycles. The highest BCUT2D eigenvalue weighted by Gasteiger charge is 2.28. The molecule has 4 rings (SSSR count). The molecule has 0 saturated carbocycles. The third-order valence-electron chi connectivity index (χ3n) is 6.47. The number of amides is 1. The van der Waals surface area contributed by atoms with Crippen LogP contribution in [0.5, 0.6) is 0 Å². The first-order chi connectivity index (χ1) is 18.5. The first-order valence-corrected chi connectivity index (χ1v) is 14.6. The minimum absolute atomic E-state index is 0.116. The van der Waals surface area contributed by atoms with E-state index in [1.165, 1.54) is 0 Å². The van der Waals surface area contributed by atoms with Gasteiger partial charge in [0, 0.05) is 27.1 Å². The molecule has 0 radical (unpaired) electrons. The van der Waals surface area contributed by atoms with Crippen molar-refractivity contribution in [3.63, 3.8) is 0 Å². The van der Waals surface area contributed by atoms with Gasteiger partial charge in [-0.25, -0.2) is 13.8 Å². The number of rotatable bonds is 8. The van der Waals surface area contributed by atoms with Gasteiger partial charge in [0.1, 0.15) is 6.54 Å². The van der Waals surface area contributed by atoms with E-state index >= 15 is 0 Å². The van der Waals surface area contributed by atoms with E-state index in [4.69, 9.17) is 0 Å². The van der Waals surface area contributed by atoms with Gasteiger partial charge in [0.05, 0.1) is 16.8 Å². The average molecular weight is 608 g/mol. The lowest BCUT2D eigenvalue weighted by Crippen LogP contribution is -2.40. The summed E-state index contributed by atoms with van der Waals surface area (Å²) in [4.78, 5) is 13.1. The van der Waals surface area contributed by atoms with Gasteiger partial charge >= 0.3 is 0 Å². The van der Waals surface area contributed by atoms with E-state index in [2.05, 4.69) is 31.0 Å². The summed E-state index contributed by atoms with van der Waals surface area (Å²) in [6, 6.07) is 22.0. The minimum Gasteiger partial charge on any atom is -0.318 e. The van der Waals surface area contributed by atoms with Crippen molar-refractivity contribution in [3.8, 4) is 5.69 Å². The van der Waals surface area contributed by atoms with E-state index in [0.29, 0.717) is 5.69 Å². The lowest BCUT2D eigenvalue weighted by atomic mass is 10.1. The number of benzene rings is 3. The molecule has 0 spiro atoms. The maximum absolute atomic E-state index is 13.7. The largest absolute Gasteiger partial charge is 0.318 e. The van der Waals surface area contributed by atoms with E-state index in [0.717, 1.165) is 48.1 Å². The normalized spacial score (nSPS) is 11.6. The highest BCUT2D eigenvalue weighted by atomic mass is 79.9. The van der Waals surface area contributed by atoms with Crippen molar-refractivity contribution in [2.24, 2.45) is 5.10 Å². The highest BCUT2D eigenvalue weighted by molar-refractivity contribution is 9.10. The van der Waals surface area contributed by atoms with E-state index in [1.54, 1.807) is 36.5 Å². The van der Waals surface area contributed by atoms with Crippen LogP contribution in [0.3, 0.4) is 0 Å². The molecule has 0 unspecified atom stereocenters. The van der Waals surface area contributed by atoms with Crippen molar-refractivity contribution in [1.29, 1.82) is 0 Å². The van der Waals surface area contributed by atoms with Crippen LogP contribution < -0.4 is 9.73 Å². The fourth-order valence-corrected chi connectivity index (χ4v) is 6.22. The molecule has 9 heteroatoms. The summed E-state index contributed by atoms with van der Waals surface area (Å²) >= 11 is 3.46. The molecule has 4 aromatic rings. The molecular formula is C30H31BrN4O3S. The number of aryl methyl sites for hydroxylation is 4. The quantitative estimate of drug-likeness (QED) is 0.193. The average Bonchev–Trinajstić information content (AvgIpc) is 3.16. The van der Waals surface area contributed by atoms with Crippen LogP contribution in [0, 0.1) is 34.6 Å². The number of carbonyl (C=O) groups excluding carboxylic acids is 1. The van der Waals surface area contributed by atoms with Gasteiger partial charge in [-0.1, -0.05) is 51.3 Å². The van der Waals surface area contributed by atoms with Crippen LogP contribution >= 0.6 is 15.9 Å². The number of aromatic nitrogens is 1. The number of anilines is 1. The third kappa shape index (κ3) is 6.32. The topological polar surface area (TPSA) is 83.8 Å². The Morgan fingerprint density at radius 3 is 2.21 bits per heavy atom. The van der Waals surface area contributed by atoms with Crippen LogP contribution in [0.1, 0.15) is 33.6 Å². The molecule has 7 nitrogen and oxygen atoms in total. The summed E-state index contributed by atoms with van der Waals surface area (Å²) in [5.41, 5.74) is 9.49. The van der Waals surface area contributed by atoms with Crippen LogP contribution in [0.2, 0.25) is 0 Å². The van der Waals surface area contributed by atoms with E-state index in [9.17, 15) is 13.2 Å². The van der Waals surface area contributed by atoms with Gasteiger partial charge in [-0.2, -0.15) is 5.10 Å². The Bertz CT molecular complexity index is 1640. The fourth-order valence-electron chi connectivity index (χ4n) is 4.47. The second-order valence-corrected chi connectivity index (χ2v) is 12.3. The van der Waals surface area contributed by atoms with Gasteiger partial charge in [0.2, 0.25) is 0 Å². The first kappa shape index (κ1) is 28.3. The standard InChI is InChI=1S/C30H31BrN4O3S/c1-20-6-13-28(14-7-20)39(37,38)34(29-15-8-21(2)16-22(29)3)19-30(36)33-32-18-25-17-23(4)35(24(25)5)27-11-9-26(31)10-12-27/h6-18H,19H2,1-5H3,(H,33,36)/b32-18-. The van der Waals surface area contributed by atoms with Crippen LogP contribution in [0.4, 0.5) is 5.69 Å². The molecule has 0 saturated heterocycles. The van der Waals surface area contributed by atoms with E-state index in [-0.39, 0.29) is 4.90 Å². The zero-order chi connectivity index (χ0) is 28.3. The summed E-state index contributed by atoms with van der Waals surface area (Å²) in [5, 5.41) is 4.15. The Kier molecular flexibility index (Phi) is 8.42. The van der Waals surface area contributed by atoms with Crippen LogP contribution in [0.15, 0.2) is 87.3 Å². The molecule has 0 fully saturated rings. The predicted molar refractivity (Wildman–Crippen MR) is 160 cm³/mol. The highest BCUT2D eigenvalue weighted by Crippen LogP contribution is 2.28. The Morgan fingerprint density at radius 2 is 1.56 bits per heavy atom. The molecule has 0 bridgehead atoms. The number of halogens is 1. The van der Waals surface area contributed by atoms with Gasteiger partial charge in [0.15, 0.2) is 0 Å². The zero-order valence-electron chi connectivity index (χ0n) is 22.6. The molecule has 202 valence electrons.